The molecule has 1 saturated heterocycles. The van der Waals surface area contributed by atoms with Crippen molar-refractivity contribution in [3.63, 3.8) is 0 Å². The van der Waals surface area contributed by atoms with Crippen molar-refractivity contribution < 1.29 is 9.90 Å². The second-order valence-corrected chi connectivity index (χ2v) is 6.61. The molecule has 1 saturated carbocycles. The topological polar surface area (TPSA) is 78.4 Å². The van der Waals surface area contributed by atoms with Crippen molar-refractivity contribution in [2.75, 3.05) is 18.4 Å². The van der Waals surface area contributed by atoms with Gasteiger partial charge in [-0.1, -0.05) is 30.6 Å². The van der Waals surface area contributed by atoms with E-state index in [4.69, 9.17) is 0 Å². The van der Waals surface area contributed by atoms with Crippen LogP contribution in [0.15, 0.2) is 0 Å². The average Bonchev–Trinajstić information content (AvgIpc) is 3.09. The predicted octanol–water partition coefficient (Wildman–Crippen LogP) is 2.18. The summed E-state index contributed by atoms with van der Waals surface area (Å²) in [5.74, 6) is 0.514. The summed E-state index contributed by atoms with van der Waals surface area (Å²) in [6.07, 6.45) is 6.46. The molecular weight excluding hydrogens is 276 g/mol. The smallest absolute Gasteiger partial charge is 0.323 e. The van der Waals surface area contributed by atoms with Gasteiger partial charge in [0.15, 0.2) is 0 Å². The van der Waals surface area contributed by atoms with Crippen molar-refractivity contribution in [1.29, 1.82) is 0 Å². The van der Waals surface area contributed by atoms with E-state index in [0.717, 1.165) is 5.01 Å². The molecule has 0 aromatic carbocycles. The number of likely N-dealkylation sites (tertiary alicyclic amines) is 1. The quantitative estimate of drug-likeness (QED) is 0.877. The molecule has 2 aliphatic rings. The average molecular weight is 296 g/mol. The lowest BCUT2D eigenvalue weighted by Gasteiger charge is -2.18. The Morgan fingerprint density at radius 2 is 2.05 bits per heavy atom. The summed E-state index contributed by atoms with van der Waals surface area (Å²) >= 11 is 1.48. The van der Waals surface area contributed by atoms with Crippen LogP contribution in [0.25, 0.3) is 0 Å². The zero-order valence-electron chi connectivity index (χ0n) is 11.4. The number of anilines is 1. The molecule has 1 aliphatic heterocycles. The molecule has 6 nitrogen and oxygen atoms in total. The number of aliphatic hydroxyl groups is 1. The first-order chi connectivity index (χ1) is 9.72. The Bertz CT molecular complexity index is 473. The number of aromatic nitrogens is 2. The molecule has 2 N–H and O–H groups in total. The van der Waals surface area contributed by atoms with Gasteiger partial charge in [-0.15, -0.1) is 10.2 Å². The van der Waals surface area contributed by atoms with Crippen LogP contribution in [0.4, 0.5) is 9.93 Å². The summed E-state index contributed by atoms with van der Waals surface area (Å²) in [7, 11) is 0. The number of hydrogen-bond acceptors (Lipinski definition) is 5. The number of nitrogens with zero attached hydrogens (tertiary/aromatic N) is 3. The molecule has 110 valence electrons. The molecule has 0 unspecified atom stereocenters. The van der Waals surface area contributed by atoms with Gasteiger partial charge in [-0.3, -0.25) is 5.32 Å². The number of hydrogen-bond donors (Lipinski definition) is 2. The highest BCUT2D eigenvalue weighted by Crippen LogP contribution is 2.35. The van der Waals surface area contributed by atoms with E-state index in [9.17, 15) is 9.90 Å². The number of amides is 2. The normalized spacial score (nSPS) is 24.1. The summed E-state index contributed by atoms with van der Waals surface area (Å²) in [6.45, 7) is 1.00. The van der Waals surface area contributed by atoms with Crippen LogP contribution in [0.5, 0.6) is 0 Å². The molecule has 1 aromatic rings. The Kier molecular flexibility index (Phi) is 4.16. The summed E-state index contributed by atoms with van der Waals surface area (Å²) in [4.78, 5) is 13.6. The van der Waals surface area contributed by atoms with Crippen LogP contribution in [-0.2, 0) is 0 Å². The Hall–Kier alpha value is -1.21. The number of carbonyl (C=O) groups is 1. The van der Waals surface area contributed by atoms with Crippen molar-refractivity contribution in [1.82, 2.24) is 15.1 Å². The van der Waals surface area contributed by atoms with Gasteiger partial charge in [0.2, 0.25) is 5.13 Å². The fourth-order valence-electron chi connectivity index (χ4n) is 2.90. The van der Waals surface area contributed by atoms with Crippen molar-refractivity contribution >= 4 is 22.5 Å². The van der Waals surface area contributed by atoms with Crippen LogP contribution < -0.4 is 5.32 Å². The van der Waals surface area contributed by atoms with Gasteiger partial charge in [-0.05, 0) is 19.3 Å². The largest absolute Gasteiger partial charge is 0.391 e. The highest BCUT2D eigenvalue weighted by molar-refractivity contribution is 7.15. The van der Waals surface area contributed by atoms with Crippen LogP contribution in [0.2, 0.25) is 0 Å². The third-order valence-corrected chi connectivity index (χ3v) is 5.06. The molecular formula is C13H20N4O2S. The van der Waals surface area contributed by atoms with Crippen molar-refractivity contribution in [2.24, 2.45) is 0 Å². The Balaban J connectivity index is 1.58. The Morgan fingerprint density at radius 3 is 2.75 bits per heavy atom. The van der Waals surface area contributed by atoms with Gasteiger partial charge in [0.1, 0.15) is 5.01 Å². The third kappa shape index (κ3) is 3.09. The van der Waals surface area contributed by atoms with Crippen molar-refractivity contribution in [3.05, 3.63) is 5.01 Å². The summed E-state index contributed by atoms with van der Waals surface area (Å²) in [5, 5.41) is 22.1. The van der Waals surface area contributed by atoms with E-state index < -0.39 is 6.10 Å². The molecule has 1 atom stereocenters. The number of aliphatic hydroxyl groups excluding tert-OH is 1. The first kappa shape index (κ1) is 13.8. The summed E-state index contributed by atoms with van der Waals surface area (Å²) in [6, 6.07) is -0.187. The fraction of sp³-hybridized carbons (Fsp3) is 0.769. The van der Waals surface area contributed by atoms with Gasteiger partial charge in [0.25, 0.3) is 0 Å². The maximum atomic E-state index is 12.0. The minimum atomic E-state index is -0.395. The molecule has 2 amide bonds. The van der Waals surface area contributed by atoms with Crippen LogP contribution in [0.3, 0.4) is 0 Å². The second kappa shape index (κ2) is 6.05. The summed E-state index contributed by atoms with van der Waals surface area (Å²) < 4.78 is 0. The number of urea groups is 1. The second-order valence-electron chi connectivity index (χ2n) is 5.60. The van der Waals surface area contributed by atoms with E-state index in [2.05, 4.69) is 15.5 Å². The maximum absolute atomic E-state index is 12.0. The van der Waals surface area contributed by atoms with E-state index in [1.165, 1.54) is 43.4 Å². The fourth-order valence-corrected chi connectivity index (χ4v) is 3.80. The van der Waals surface area contributed by atoms with Crippen LogP contribution in [0.1, 0.15) is 49.5 Å². The lowest BCUT2D eigenvalue weighted by atomic mass is 9.90. The first-order valence-electron chi connectivity index (χ1n) is 7.30. The molecule has 2 fully saturated rings. The molecule has 2 heterocycles. The number of nitrogens with one attached hydrogen (secondary N) is 1. The lowest BCUT2D eigenvalue weighted by molar-refractivity contribution is 0.176. The highest BCUT2D eigenvalue weighted by atomic mass is 32.1. The van der Waals surface area contributed by atoms with Crippen molar-refractivity contribution in [2.45, 2.75) is 50.5 Å². The van der Waals surface area contributed by atoms with Gasteiger partial charge in [-0.25, -0.2) is 4.79 Å². The van der Waals surface area contributed by atoms with Crippen molar-refractivity contribution in [3.8, 4) is 0 Å². The molecule has 0 radical (unpaired) electrons. The number of rotatable bonds is 2. The predicted molar refractivity (Wildman–Crippen MR) is 77.0 cm³/mol. The Morgan fingerprint density at radius 1 is 1.25 bits per heavy atom. The minimum Gasteiger partial charge on any atom is -0.391 e. The summed E-state index contributed by atoms with van der Waals surface area (Å²) in [5.41, 5.74) is 0. The van der Waals surface area contributed by atoms with Gasteiger partial charge in [0.05, 0.1) is 6.10 Å². The van der Waals surface area contributed by atoms with Gasteiger partial charge in [-0.2, -0.15) is 0 Å². The molecule has 0 bridgehead atoms. The van der Waals surface area contributed by atoms with E-state index in [1.807, 2.05) is 0 Å². The monoisotopic (exact) mass is 296 g/mol. The van der Waals surface area contributed by atoms with E-state index in [1.54, 1.807) is 4.90 Å². The van der Waals surface area contributed by atoms with Gasteiger partial charge >= 0.3 is 6.03 Å². The third-order valence-electron chi connectivity index (χ3n) is 4.06. The molecule has 7 heteroatoms. The lowest BCUT2D eigenvalue weighted by Crippen LogP contribution is -2.33. The molecule has 1 aliphatic carbocycles. The van der Waals surface area contributed by atoms with E-state index in [-0.39, 0.29) is 6.03 Å². The maximum Gasteiger partial charge on any atom is 0.323 e. The zero-order chi connectivity index (χ0) is 13.9. The van der Waals surface area contributed by atoms with E-state index >= 15 is 0 Å². The van der Waals surface area contributed by atoms with Gasteiger partial charge < -0.3 is 10.0 Å². The molecule has 1 aromatic heterocycles. The molecule has 0 spiro atoms. The number of β-amino-alcohol motifs (C(OH)–C–C–N with tert-alkyl or cyclic N) is 1. The SMILES string of the molecule is O=C(Nc1nnc(C2CCCCC2)s1)N1CC[C@@H](O)C1. The van der Waals surface area contributed by atoms with Crippen LogP contribution >= 0.6 is 11.3 Å². The molecule has 3 rings (SSSR count). The Labute approximate surface area is 122 Å². The van der Waals surface area contributed by atoms with Crippen LogP contribution in [-0.4, -0.2) is 45.4 Å². The zero-order valence-corrected chi connectivity index (χ0v) is 12.2. The molecule has 20 heavy (non-hydrogen) atoms. The van der Waals surface area contributed by atoms with Gasteiger partial charge in [0, 0.05) is 19.0 Å². The first-order valence-corrected chi connectivity index (χ1v) is 8.11. The minimum absolute atomic E-state index is 0.187. The standard InChI is InChI=1S/C13H20N4O2S/c18-10-6-7-17(8-10)13(19)14-12-16-15-11(20-12)9-4-2-1-3-5-9/h9-10,18H,1-8H2,(H,14,16,19)/t10-/m1/s1. The number of carbonyl (C=O) groups excluding carboxylic acids is 1. The van der Waals surface area contributed by atoms with E-state index in [0.29, 0.717) is 30.6 Å². The highest BCUT2D eigenvalue weighted by Gasteiger charge is 2.26. The van der Waals surface area contributed by atoms with Crippen LogP contribution in [0, 0.1) is 0 Å².